The number of nitrogens with one attached hydrogen (secondary N) is 1. The second-order valence-electron chi connectivity index (χ2n) is 8.89. The van der Waals surface area contributed by atoms with Crippen LogP contribution < -0.4 is 5.32 Å². The Labute approximate surface area is 186 Å². The van der Waals surface area contributed by atoms with Crippen molar-refractivity contribution in [1.82, 2.24) is 34.8 Å². The van der Waals surface area contributed by atoms with E-state index in [1.807, 2.05) is 47.0 Å². The van der Waals surface area contributed by atoms with Gasteiger partial charge in [0.25, 0.3) is 11.8 Å². The van der Waals surface area contributed by atoms with Crippen molar-refractivity contribution >= 4 is 11.8 Å². The number of piperidine rings is 1. The standard InChI is InChI=1S/C23H27N7O2/c1-28-14-19(25-16-28)22(32)29-11-9-23(10-12-29)8-7-20(23)30-15-18(26-27-30)21(31)24-13-17-5-3-2-4-6-17/h2-6,14-16,20H,7-13H2,1H3,(H,24,31). The zero-order chi connectivity index (χ0) is 22.1. The Hall–Kier alpha value is -3.49. The molecule has 1 aromatic carbocycles. The van der Waals surface area contributed by atoms with Gasteiger partial charge in [0.15, 0.2) is 5.69 Å². The molecule has 32 heavy (non-hydrogen) atoms. The maximum absolute atomic E-state index is 12.7. The quantitative estimate of drug-likeness (QED) is 0.665. The summed E-state index contributed by atoms with van der Waals surface area (Å²) < 4.78 is 3.65. The zero-order valence-electron chi connectivity index (χ0n) is 18.1. The van der Waals surface area contributed by atoms with Gasteiger partial charge in [-0.15, -0.1) is 5.10 Å². The van der Waals surface area contributed by atoms with E-state index in [9.17, 15) is 9.59 Å². The molecule has 9 nitrogen and oxygen atoms in total. The predicted octanol–water partition coefficient (Wildman–Crippen LogP) is 2.20. The molecule has 1 aliphatic carbocycles. The van der Waals surface area contributed by atoms with Gasteiger partial charge in [0.1, 0.15) is 5.69 Å². The maximum atomic E-state index is 12.7. The molecule has 1 N–H and O–H groups in total. The summed E-state index contributed by atoms with van der Waals surface area (Å²) in [6.07, 6.45) is 9.15. The molecule has 166 valence electrons. The minimum Gasteiger partial charge on any atom is -0.347 e. The van der Waals surface area contributed by atoms with E-state index < -0.39 is 0 Å². The molecule has 1 unspecified atom stereocenters. The average molecular weight is 434 g/mol. The van der Waals surface area contributed by atoms with E-state index >= 15 is 0 Å². The van der Waals surface area contributed by atoms with Crippen LogP contribution in [0.2, 0.25) is 0 Å². The first-order valence-electron chi connectivity index (χ1n) is 11.1. The maximum Gasteiger partial charge on any atom is 0.274 e. The van der Waals surface area contributed by atoms with Crippen LogP contribution in [0, 0.1) is 5.41 Å². The van der Waals surface area contributed by atoms with Crippen molar-refractivity contribution in [3.63, 3.8) is 0 Å². The summed E-state index contributed by atoms with van der Waals surface area (Å²) in [5, 5.41) is 11.3. The van der Waals surface area contributed by atoms with E-state index in [1.165, 1.54) is 0 Å². The summed E-state index contributed by atoms with van der Waals surface area (Å²) in [5.41, 5.74) is 1.99. The number of hydrogen-bond donors (Lipinski definition) is 1. The highest BCUT2D eigenvalue weighted by Gasteiger charge is 2.50. The molecule has 2 aromatic heterocycles. The Morgan fingerprint density at radius 2 is 1.88 bits per heavy atom. The lowest BCUT2D eigenvalue weighted by atomic mass is 9.59. The highest BCUT2D eigenvalue weighted by atomic mass is 16.2. The van der Waals surface area contributed by atoms with Crippen molar-refractivity contribution in [3.05, 3.63) is 66.0 Å². The van der Waals surface area contributed by atoms with Crippen LogP contribution in [0.5, 0.6) is 0 Å². The van der Waals surface area contributed by atoms with Crippen LogP contribution in [-0.2, 0) is 13.6 Å². The topological polar surface area (TPSA) is 97.9 Å². The summed E-state index contributed by atoms with van der Waals surface area (Å²) in [6, 6.07) is 10.0. The van der Waals surface area contributed by atoms with Gasteiger partial charge in [-0.25, -0.2) is 9.67 Å². The smallest absolute Gasteiger partial charge is 0.274 e. The molecule has 1 saturated heterocycles. The van der Waals surface area contributed by atoms with Crippen molar-refractivity contribution in [3.8, 4) is 0 Å². The molecular formula is C23H27N7O2. The molecule has 1 atom stereocenters. The number of nitrogens with zero attached hydrogens (tertiary/aromatic N) is 6. The number of hydrogen-bond acceptors (Lipinski definition) is 5. The fraction of sp³-hybridized carbons (Fsp3) is 0.435. The summed E-state index contributed by atoms with van der Waals surface area (Å²) in [4.78, 5) is 31.3. The van der Waals surface area contributed by atoms with Crippen LogP contribution in [0.1, 0.15) is 58.3 Å². The number of benzene rings is 1. The van der Waals surface area contributed by atoms with Gasteiger partial charge in [0.05, 0.1) is 18.6 Å². The number of imidazole rings is 1. The highest BCUT2D eigenvalue weighted by Crippen LogP contribution is 2.56. The van der Waals surface area contributed by atoms with Gasteiger partial charge < -0.3 is 14.8 Å². The lowest BCUT2D eigenvalue weighted by molar-refractivity contribution is -0.0269. The number of carbonyl (C=O) groups excluding carboxylic acids is 2. The summed E-state index contributed by atoms with van der Waals surface area (Å²) in [7, 11) is 1.86. The monoisotopic (exact) mass is 433 g/mol. The van der Waals surface area contributed by atoms with E-state index in [0.717, 1.165) is 31.2 Å². The Balaban J connectivity index is 1.19. The minimum atomic E-state index is -0.218. The van der Waals surface area contributed by atoms with Crippen molar-refractivity contribution in [2.75, 3.05) is 13.1 Å². The van der Waals surface area contributed by atoms with Crippen LogP contribution >= 0.6 is 0 Å². The second-order valence-corrected chi connectivity index (χ2v) is 8.89. The Morgan fingerprint density at radius 3 is 2.53 bits per heavy atom. The van der Waals surface area contributed by atoms with E-state index in [4.69, 9.17) is 0 Å². The normalized spacial score (nSPS) is 19.5. The minimum absolute atomic E-state index is 0.00514. The molecule has 1 aliphatic heterocycles. The molecule has 0 bridgehead atoms. The molecule has 2 amide bonds. The van der Waals surface area contributed by atoms with Crippen LogP contribution in [0.25, 0.3) is 0 Å². The molecular weight excluding hydrogens is 406 g/mol. The molecule has 3 aromatic rings. The van der Waals surface area contributed by atoms with E-state index in [0.29, 0.717) is 31.0 Å². The lowest BCUT2D eigenvalue weighted by Crippen LogP contribution is -2.51. The Morgan fingerprint density at radius 1 is 1.09 bits per heavy atom. The second kappa shape index (κ2) is 8.22. The average Bonchev–Trinajstić information content (AvgIpc) is 3.46. The van der Waals surface area contributed by atoms with Crippen LogP contribution in [0.4, 0.5) is 0 Å². The van der Waals surface area contributed by atoms with E-state index in [1.54, 1.807) is 23.3 Å². The van der Waals surface area contributed by atoms with Crippen molar-refractivity contribution in [2.24, 2.45) is 12.5 Å². The van der Waals surface area contributed by atoms with Crippen LogP contribution in [0.15, 0.2) is 49.1 Å². The third-order valence-corrected chi connectivity index (χ3v) is 6.95. The van der Waals surface area contributed by atoms with Crippen LogP contribution in [0.3, 0.4) is 0 Å². The van der Waals surface area contributed by atoms with Gasteiger partial charge in [-0.1, -0.05) is 35.5 Å². The molecule has 5 rings (SSSR count). The lowest BCUT2D eigenvalue weighted by Gasteiger charge is -2.53. The number of likely N-dealkylation sites (tertiary alicyclic amines) is 1. The Kier molecular flexibility index (Phi) is 5.24. The molecule has 3 heterocycles. The van der Waals surface area contributed by atoms with Gasteiger partial charge in [-0.2, -0.15) is 0 Å². The highest BCUT2D eigenvalue weighted by molar-refractivity contribution is 5.92. The SMILES string of the molecule is Cn1cnc(C(=O)N2CCC3(CCC3n3cc(C(=O)NCc4ccccc4)nn3)CC2)c1. The van der Waals surface area contributed by atoms with Gasteiger partial charge in [-0.05, 0) is 36.7 Å². The molecule has 1 saturated carbocycles. The summed E-state index contributed by atoms with van der Waals surface area (Å²) >= 11 is 0. The van der Waals surface area contributed by atoms with Crippen molar-refractivity contribution < 1.29 is 9.59 Å². The number of rotatable bonds is 5. The molecule has 9 heteroatoms. The van der Waals surface area contributed by atoms with Gasteiger partial charge in [0, 0.05) is 32.9 Å². The fourth-order valence-electron chi connectivity index (χ4n) is 4.92. The first-order chi connectivity index (χ1) is 15.5. The number of amides is 2. The number of carbonyl (C=O) groups is 2. The number of aromatic nitrogens is 5. The first kappa shape index (κ1) is 20.4. The summed E-state index contributed by atoms with van der Waals surface area (Å²) in [6.45, 7) is 1.89. The van der Waals surface area contributed by atoms with E-state index in [2.05, 4.69) is 20.6 Å². The zero-order valence-corrected chi connectivity index (χ0v) is 18.1. The van der Waals surface area contributed by atoms with Crippen LogP contribution in [-0.4, -0.2) is 54.3 Å². The molecule has 0 radical (unpaired) electrons. The van der Waals surface area contributed by atoms with Gasteiger partial charge in [0.2, 0.25) is 0 Å². The fourth-order valence-corrected chi connectivity index (χ4v) is 4.92. The molecule has 2 fully saturated rings. The third kappa shape index (κ3) is 3.79. The Bertz CT molecular complexity index is 1110. The molecule has 2 aliphatic rings. The molecule has 1 spiro atoms. The van der Waals surface area contributed by atoms with Gasteiger partial charge >= 0.3 is 0 Å². The first-order valence-corrected chi connectivity index (χ1v) is 11.1. The largest absolute Gasteiger partial charge is 0.347 e. The third-order valence-electron chi connectivity index (χ3n) is 6.95. The van der Waals surface area contributed by atoms with Gasteiger partial charge in [-0.3, -0.25) is 9.59 Å². The van der Waals surface area contributed by atoms with E-state index in [-0.39, 0.29) is 23.3 Å². The number of aryl methyl sites for hydroxylation is 1. The summed E-state index contributed by atoms with van der Waals surface area (Å²) in [5.74, 6) is -0.223. The van der Waals surface area contributed by atoms with Crippen molar-refractivity contribution in [1.29, 1.82) is 0 Å². The van der Waals surface area contributed by atoms with Crippen molar-refractivity contribution in [2.45, 2.75) is 38.3 Å². The predicted molar refractivity (Wildman–Crippen MR) is 117 cm³/mol.